The van der Waals surface area contributed by atoms with Gasteiger partial charge in [0.2, 0.25) is 0 Å². The van der Waals surface area contributed by atoms with Crippen LogP contribution in [-0.4, -0.2) is 43.6 Å². The van der Waals surface area contributed by atoms with E-state index in [2.05, 4.69) is 28.5 Å². The molecular formula is C22H29N3O2. The van der Waals surface area contributed by atoms with Crippen LogP contribution in [0.1, 0.15) is 35.7 Å². The van der Waals surface area contributed by atoms with Crippen molar-refractivity contribution in [3.8, 4) is 5.75 Å². The lowest BCUT2D eigenvalue weighted by Gasteiger charge is -2.23. The number of likely N-dealkylation sites (N-methyl/N-ethyl adjacent to an activating group) is 1. The number of benzene rings is 2. The molecule has 0 radical (unpaired) electrons. The number of nitrogens with zero attached hydrogens (tertiary/aromatic N) is 1. The van der Waals surface area contributed by atoms with Crippen molar-refractivity contribution in [1.29, 1.82) is 0 Å². The molecule has 2 aromatic carbocycles. The van der Waals surface area contributed by atoms with Crippen LogP contribution >= 0.6 is 0 Å². The van der Waals surface area contributed by atoms with Crippen molar-refractivity contribution in [1.82, 2.24) is 10.2 Å². The molecule has 0 aromatic heterocycles. The smallest absolute Gasteiger partial charge is 0.255 e. The lowest BCUT2D eigenvalue weighted by atomic mass is 10.1. The average molecular weight is 367 g/mol. The van der Waals surface area contributed by atoms with E-state index < -0.39 is 0 Å². The number of likely N-dealkylation sites (tertiary alicyclic amines) is 1. The van der Waals surface area contributed by atoms with Gasteiger partial charge in [-0.25, -0.2) is 0 Å². The van der Waals surface area contributed by atoms with Gasteiger partial charge in [0.25, 0.3) is 5.91 Å². The molecule has 0 spiro atoms. The summed E-state index contributed by atoms with van der Waals surface area (Å²) >= 11 is 0. The maximum Gasteiger partial charge on any atom is 0.255 e. The molecule has 1 saturated heterocycles. The van der Waals surface area contributed by atoms with Crippen LogP contribution in [0, 0.1) is 0 Å². The number of hydrogen-bond acceptors (Lipinski definition) is 4. The van der Waals surface area contributed by atoms with E-state index in [1.54, 1.807) is 31.4 Å². The van der Waals surface area contributed by atoms with E-state index in [-0.39, 0.29) is 5.91 Å². The Morgan fingerprint density at radius 1 is 1.22 bits per heavy atom. The first-order valence-corrected chi connectivity index (χ1v) is 9.68. The first-order valence-electron chi connectivity index (χ1n) is 9.68. The molecule has 27 heavy (non-hydrogen) atoms. The number of carbonyl (C=O) groups excluding carboxylic acids is 1. The summed E-state index contributed by atoms with van der Waals surface area (Å²) in [5.74, 6) is 0.621. The lowest BCUT2D eigenvalue weighted by Crippen LogP contribution is -2.37. The topological polar surface area (TPSA) is 53.6 Å². The van der Waals surface area contributed by atoms with Crippen LogP contribution in [0.4, 0.5) is 5.69 Å². The Bertz CT molecular complexity index is 745. The molecule has 5 nitrogen and oxygen atoms in total. The molecule has 2 N–H and O–H groups in total. The maximum atomic E-state index is 12.4. The van der Waals surface area contributed by atoms with Crippen LogP contribution in [0.2, 0.25) is 0 Å². The molecule has 1 amide bonds. The minimum Gasteiger partial charge on any atom is -0.497 e. The van der Waals surface area contributed by atoms with Crippen molar-refractivity contribution in [2.45, 2.75) is 32.4 Å². The molecule has 3 rings (SSSR count). The predicted octanol–water partition coefficient (Wildman–Crippen LogP) is 3.52. The highest BCUT2D eigenvalue weighted by molar-refractivity contribution is 6.04. The van der Waals surface area contributed by atoms with E-state index in [9.17, 15) is 4.79 Å². The molecule has 0 saturated carbocycles. The molecule has 144 valence electrons. The van der Waals surface area contributed by atoms with Crippen LogP contribution in [0.3, 0.4) is 0 Å². The fraction of sp³-hybridized carbons (Fsp3) is 0.409. The summed E-state index contributed by atoms with van der Waals surface area (Å²) in [7, 11) is 1.61. The van der Waals surface area contributed by atoms with Crippen LogP contribution in [0.15, 0.2) is 48.5 Å². The van der Waals surface area contributed by atoms with Crippen molar-refractivity contribution in [3.05, 3.63) is 59.7 Å². The number of rotatable bonds is 8. The van der Waals surface area contributed by atoms with Gasteiger partial charge in [0, 0.05) is 30.4 Å². The molecule has 2 aromatic rings. The van der Waals surface area contributed by atoms with Crippen molar-refractivity contribution < 1.29 is 9.53 Å². The van der Waals surface area contributed by atoms with Gasteiger partial charge in [0.15, 0.2) is 0 Å². The van der Waals surface area contributed by atoms with Crippen LogP contribution < -0.4 is 15.4 Å². The summed E-state index contributed by atoms with van der Waals surface area (Å²) in [5, 5.41) is 6.53. The number of anilines is 1. The number of methoxy groups -OCH3 is 1. The number of amides is 1. The SMILES string of the molecule is CCN1CCC[C@@H]1CNCc1cccc(NC(=O)c2ccc(OC)cc2)c1. The molecular weight excluding hydrogens is 338 g/mol. The second-order valence-corrected chi connectivity index (χ2v) is 6.94. The number of hydrogen-bond donors (Lipinski definition) is 2. The summed E-state index contributed by atoms with van der Waals surface area (Å²) in [5.41, 5.74) is 2.59. The Morgan fingerprint density at radius 2 is 2.04 bits per heavy atom. The maximum absolute atomic E-state index is 12.4. The minimum absolute atomic E-state index is 0.118. The van der Waals surface area contributed by atoms with Gasteiger partial charge in [-0.2, -0.15) is 0 Å². The Balaban J connectivity index is 1.52. The monoisotopic (exact) mass is 367 g/mol. The van der Waals surface area contributed by atoms with Gasteiger partial charge in [0.1, 0.15) is 5.75 Å². The van der Waals surface area contributed by atoms with E-state index in [1.807, 2.05) is 18.2 Å². The summed E-state index contributed by atoms with van der Waals surface area (Å²) < 4.78 is 5.13. The standard InChI is InChI=1S/C22H29N3O2/c1-3-25-13-5-8-20(25)16-23-15-17-6-4-7-19(14-17)24-22(26)18-9-11-21(27-2)12-10-18/h4,6-7,9-12,14,20,23H,3,5,8,13,15-16H2,1-2H3,(H,24,26)/t20-/m1/s1. The van der Waals surface area contributed by atoms with E-state index in [4.69, 9.17) is 4.74 Å². The first kappa shape index (κ1) is 19.4. The van der Waals surface area contributed by atoms with Gasteiger partial charge >= 0.3 is 0 Å². The highest BCUT2D eigenvalue weighted by Gasteiger charge is 2.22. The lowest BCUT2D eigenvalue weighted by molar-refractivity contribution is 0.102. The second-order valence-electron chi connectivity index (χ2n) is 6.94. The Hall–Kier alpha value is -2.37. The zero-order valence-corrected chi connectivity index (χ0v) is 16.2. The van der Waals surface area contributed by atoms with E-state index in [1.165, 1.54) is 24.9 Å². The third kappa shape index (κ3) is 5.31. The summed E-state index contributed by atoms with van der Waals surface area (Å²) in [4.78, 5) is 14.9. The van der Waals surface area contributed by atoms with Crippen LogP contribution in [-0.2, 0) is 6.54 Å². The van der Waals surface area contributed by atoms with Crippen molar-refractivity contribution >= 4 is 11.6 Å². The molecule has 1 aliphatic heterocycles. The van der Waals surface area contributed by atoms with Crippen molar-refractivity contribution in [3.63, 3.8) is 0 Å². The van der Waals surface area contributed by atoms with Gasteiger partial charge in [0.05, 0.1) is 7.11 Å². The third-order valence-electron chi connectivity index (χ3n) is 5.15. The predicted molar refractivity (Wildman–Crippen MR) is 109 cm³/mol. The van der Waals surface area contributed by atoms with Gasteiger partial charge in [-0.15, -0.1) is 0 Å². The molecule has 0 unspecified atom stereocenters. The van der Waals surface area contributed by atoms with Gasteiger partial charge in [-0.05, 0) is 67.9 Å². The number of ether oxygens (including phenoxy) is 1. The number of nitrogens with one attached hydrogen (secondary N) is 2. The van der Waals surface area contributed by atoms with Gasteiger partial charge < -0.3 is 15.4 Å². The number of carbonyl (C=O) groups is 1. The average Bonchev–Trinajstić information content (AvgIpc) is 3.16. The zero-order valence-electron chi connectivity index (χ0n) is 16.2. The van der Waals surface area contributed by atoms with E-state index in [0.717, 1.165) is 31.1 Å². The molecule has 1 aliphatic rings. The molecule has 5 heteroatoms. The van der Waals surface area contributed by atoms with Crippen LogP contribution in [0.5, 0.6) is 5.75 Å². The summed E-state index contributed by atoms with van der Waals surface area (Å²) in [6.45, 7) is 6.39. The minimum atomic E-state index is -0.118. The fourth-order valence-corrected chi connectivity index (χ4v) is 3.63. The Morgan fingerprint density at radius 3 is 2.78 bits per heavy atom. The quantitative estimate of drug-likeness (QED) is 0.750. The molecule has 1 fully saturated rings. The largest absolute Gasteiger partial charge is 0.497 e. The summed E-state index contributed by atoms with van der Waals surface area (Å²) in [6.07, 6.45) is 2.58. The Labute approximate surface area is 161 Å². The molecule has 0 aliphatic carbocycles. The molecule has 1 heterocycles. The fourth-order valence-electron chi connectivity index (χ4n) is 3.63. The summed E-state index contributed by atoms with van der Waals surface area (Å²) in [6, 6.07) is 15.8. The van der Waals surface area contributed by atoms with Gasteiger partial charge in [-0.3, -0.25) is 9.69 Å². The third-order valence-corrected chi connectivity index (χ3v) is 5.15. The molecule has 0 bridgehead atoms. The molecule has 1 atom stereocenters. The van der Waals surface area contributed by atoms with Crippen molar-refractivity contribution in [2.24, 2.45) is 0 Å². The second kappa shape index (κ2) is 9.53. The van der Waals surface area contributed by atoms with Crippen molar-refractivity contribution in [2.75, 3.05) is 32.1 Å². The highest BCUT2D eigenvalue weighted by atomic mass is 16.5. The van der Waals surface area contributed by atoms with Gasteiger partial charge in [-0.1, -0.05) is 19.1 Å². The van der Waals surface area contributed by atoms with E-state index in [0.29, 0.717) is 11.6 Å². The van der Waals surface area contributed by atoms with E-state index >= 15 is 0 Å². The zero-order chi connectivity index (χ0) is 19.1. The Kier molecular flexibility index (Phi) is 6.85. The highest BCUT2D eigenvalue weighted by Crippen LogP contribution is 2.17. The first-order chi connectivity index (χ1) is 13.2. The normalized spacial score (nSPS) is 17.0. The van der Waals surface area contributed by atoms with Crippen LogP contribution in [0.25, 0.3) is 0 Å².